The van der Waals surface area contributed by atoms with Crippen molar-refractivity contribution < 1.29 is 9.53 Å². The third-order valence-corrected chi connectivity index (χ3v) is 4.33. The summed E-state index contributed by atoms with van der Waals surface area (Å²) in [6.07, 6.45) is 4.97. The van der Waals surface area contributed by atoms with Crippen molar-refractivity contribution in [2.24, 2.45) is 5.92 Å². The molecule has 1 saturated carbocycles. The molecule has 0 bridgehead atoms. The number of para-hydroxylation sites is 2. The number of anilines is 1. The third kappa shape index (κ3) is 4.21. The van der Waals surface area contributed by atoms with E-state index < -0.39 is 0 Å². The fourth-order valence-corrected chi connectivity index (χ4v) is 2.95. The summed E-state index contributed by atoms with van der Waals surface area (Å²) < 4.78 is 5.26. The van der Waals surface area contributed by atoms with E-state index in [-0.39, 0.29) is 11.9 Å². The van der Waals surface area contributed by atoms with Gasteiger partial charge in [0.15, 0.2) is 0 Å². The van der Waals surface area contributed by atoms with Gasteiger partial charge in [0.25, 0.3) is 0 Å². The van der Waals surface area contributed by atoms with Crippen LogP contribution in [0.4, 0.5) is 5.69 Å². The molecule has 116 valence electrons. The molecular formula is C17H26N2O2. The lowest BCUT2D eigenvalue weighted by Gasteiger charge is -2.31. The molecule has 1 amide bonds. The van der Waals surface area contributed by atoms with E-state index in [1.165, 1.54) is 19.3 Å². The first-order chi connectivity index (χ1) is 10.1. The number of ether oxygens (including phenoxy) is 1. The molecule has 1 aromatic rings. The minimum Gasteiger partial charge on any atom is -0.495 e. The van der Waals surface area contributed by atoms with E-state index in [1.807, 2.05) is 31.2 Å². The van der Waals surface area contributed by atoms with Crippen molar-refractivity contribution in [2.45, 2.75) is 51.6 Å². The minimum atomic E-state index is -0.208. The predicted octanol–water partition coefficient (Wildman–Crippen LogP) is 3.19. The second-order valence-corrected chi connectivity index (χ2v) is 5.95. The lowest BCUT2D eigenvalue weighted by atomic mass is 9.85. The molecule has 0 radical (unpaired) electrons. The number of carbonyl (C=O) groups excluding carboxylic acids is 1. The van der Waals surface area contributed by atoms with Gasteiger partial charge in [-0.1, -0.05) is 31.9 Å². The molecular weight excluding hydrogens is 264 g/mol. The van der Waals surface area contributed by atoms with Crippen LogP contribution in [-0.4, -0.2) is 25.1 Å². The van der Waals surface area contributed by atoms with Crippen molar-refractivity contribution in [1.82, 2.24) is 5.32 Å². The Morgan fingerprint density at radius 2 is 2.00 bits per heavy atom. The van der Waals surface area contributed by atoms with Gasteiger partial charge >= 0.3 is 0 Å². The van der Waals surface area contributed by atoms with Crippen molar-refractivity contribution in [3.05, 3.63) is 24.3 Å². The zero-order valence-corrected chi connectivity index (χ0v) is 13.2. The molecule has 0 aromatic heterocycles. The molecule has 1 aromatic carbocycles. The van der Waals surface area contributed by atoms with Crippen LogP contribution in [-0.2, 0) is 4.79 Å². The average molecular weight is 290 g/mol. The summed E-state index contributed by atoms with van der Waals surface area (Å²) in [5.74, 6) is 1.31. The summed E-state index contributed by atoms with van der Waals surface area (Å²) in [5, 5.41) is 6.41. The Hall–Kier alpha value is -1.55. The normalized spacial score (nSPS) is 23.4. The number of amides is 1. The van der Waals surface area contributed by atoms with Gasteiger partial charge in [-0.15, -0.1) is 0 Å². The average Bonchev–Trinajstić information content (AvgIpc) is 2.50. The van der Waals surface area contributed by atoms with E-state index in [9.17, 15) is 4.79 Å². The van der Waals surface area contributed by atoms with Crippen LogP contribution < -0.4 is 15.4 Å². The summed E-state index contributed by atoms with van der Waals surface area (Å²) in [6.45, 7) is 4.19. The Labute approximate surface area is 127 Å². The van der Waals surface area contributed by atoms with E-state index in [0.29, 0.717) is 17.7 Å². The Balaban J connectivity index is 1.93. The smallest absolute Gasteiger partial charge is 0.241 e. The SMILES string of the molecule is COc1ccccc1NC(=O)[C@H](C)N[C@H]1CCCC[C@H]1C. The van der Waals surface area contributed by atoms with E-state index >= 15 is 0 Å². The molecule has 0 spiro atoms. The van der Waals surface area contributed by atoms with Crippen molar-refractivity contribution in [2.75, 3.05) is 12.4 Å². The van der Waals surface area contributed by atoms with Crippen LogP contribution in [0.15, 0.2) is 24.3 Å². The topological polar surface area (TPSA) is 50.4 Å². The van der Waals surface area contributed by atoms with Crippen molar-refractivity contribution in [3.8, 4) is 5.75 Å². The van der Waals surface area contributed by atoms with Gasteiger partial charge in [-0.2, -0.15) is 0 Å². The van der Waals surface area contributed by atoms with Crippen LogP contribution in [0.5, 0.6) is 5.75 Å². The molecule has 3 atom stereocenters. The monoisotopic (exact) mass is 290 g/mol. The summed E-state index contributed by atoms with van der Waals surface area (Å²) in [4.78, 5) is 12.3. The minimum absolute atomic E-state index is 0.0164. The maximum Gasteiger partial charge on any atom is 0.241 e. The molecule has 1 aliphatic rings. The van der Waals surface area contributed by atoms with Gasteiger partial charge < -0.3 is 15.4 Å². The Morgan fingerprint density at radius 1 is 1.29 bits per heavy atom. The van der Waals surface area contributed by atoms with Gasteiger partial charge in [0.05, 0.1) is 18.8 Å². The number of nitrogens with one attached hydrogen (secondary N) is 2. The maximum absolute atomic E-state index is 12.3. The van der Waals surface area contributed by atoms with Gasteiger partial charge in [0, 0.05) is 6.04 Å². The van der Waals surface area contributed by atoms with Crippen LogP contribution in [0.25, 0.3) is 0 Å². The van der Waals surface area contributed by atoms with Gasteiger partial charge in [-0.3, -0.25) is 4.79 Å². The number of hydrogen-bond acceptors (Lipinski definition) is 3. The molecule has 4 nitrogen and oxygen atoms in total. The second kappa shape index (κ2) is 7.46. The van der Waals surface area contributed by atoms with E-state index in [2.05, 4.69) is 17.6 Å². The number of rotatable bonds is 5. The van der Waals surface area contributed by atoms with Crippen LogP contribution in [0.3, 0.4) is 0 Å². The Kier molecular flexibility index (Phi) is 5.62. The Morgan fingerprint density at radius 3 is 2.71 bits per heavy atom. The van der Waals surface area contributed by atoms with Gasteiger partial charge in [-0.25, -0.2) is 0 Å². The highest BCUT2D eigenvalue weighted by Crippen LogP contribution is 2.25. The first-order valence-electron chi connectivity index (χ1n) is 7.81. The largest absolute Gasteiger partial charge is 0.495 e. The predicted molar refractivity (Wildman–Crippen MR) is 85.6 cm³/mol. The molecule has 4 heteroatoms. The van der Waals surface area contributed by atoms with E-state index in [4.69, 9.17) is 4.74 Å². The fraction of sp³-hybridized carbons (Fsp3) is 0.588. The third-order valence-electron chi connectivity index (χ3n) is 4.33. The number of benzene rings is 1. The fourth-order valence-electron chi connectivity index (χ4n) is 2.95. The molecule has 0 saturated heterocycles. The van der Waals surface area contributed by atoms with Gasteiger partial charge in [0.1, 0.15) is 5.75 Å². The zero-order valence-electron chi connectivity index (χ0n) is 13.2. The van der Waals surface area contributed by atoms with Crippen LogP contribution in [0, 0.1) is 5.92 Å². The lowest BCUT2D eigenvalue weighted by Crippen LogP contribution is -2.47. The maximum atomic E-state index is 12.3. The molecule has 0 unspecified atom stereocenters. The highest BCUT2D eigenvalue weighted by atomic mass is 16.5. The number of hydrogen-bond donors (Lipinski definition) is 2. The van der Waals surface area contributed by atoms with Crippen molar-refractivity contribution >= 4 is 11.6 Å². The molecule has 1 aliphatic carbocycles. The van der Waals surface area contributed by atoms with Crippen LogP contribution >= 0.6 is 0 Å². The number of carbonyl (C=O) groups is 1. The summed E-state index contributed by atoms with van der Waals surface area (Å²) in [5.41, 5.74) is 0.718. The van der Waals surface area contributed by atoms with Gasteiger partial charge in [-0.05, 0) is 37.8 Å². The zero-order chi connectivity index (χ0) is 15.2. The highest BCUT2D eigenvalue weighted by Gasteiger charge is 2.25. The second-order valence-electron chi connectivity index (χ2n) is 5.95. The lowest BCUT2D eigenvalue weighted by molar-refractivity contribution is -0.118. The molecule has 2 N–H and O–H groups in total. The molecule has 0 aliphatic heterocycles. The van der Waals surface area contributed by atoms with Crippen LogP contribution in [0.1, 0.15) is 39.5 Å². The molecule has 2 rings (SSSR count). The summed E-state index contributed by atoms with van der Waals surface area (Å²) in [6, 6.07) is 7.71. The van der Waals surface area contributed by atoms with Crippen molar-refractivity contribution in [1.29, 1.82) is 0 Å². The summed E-state index contributed by atoms with van der Waals surface area (Å²) >= 11 is 0. The first kappa shape index (κ1) is 15.8. The molecule has 1 fully saturated rings. The Bertz CT molecular complexity index is 476. The first-order valence-corrected chi connectivity index (χ1v) is 7.81. The van der Waals surface area contributed by atoms with E-state index in [1.54, 1.807) is 7.11 Å². The summed E-state index contributed by atoms with van der Waals surface area (Å²) in [7, 11) is 1.61. The standard InChI is InChI=1S/C17H26N2O2/c1-12-8-4-5-9-14(12)18-13(2)17(20)19-15-10-6-7-11-16(15)21-3/h6-7,10-14,18H,4-5,8-9H2,1-3H3,(H,19,20)/t12-,13+,14+/m1/s1. The highest BCUT2D eigenvalue weighted by molar-refractivity contribution is 5.95. The number of methoxy groups -OCH3 is 1. The van der Waals surface area contributed by atoms with E-state index in [0.717, 1.165) is 12.1 Å². The van der Waals surface area contributed by atoms with Crippen LogP contribution in [0.2, 0.25) is 0 Å². The molecule has 21 heavy (non-hydrogen) atoms. The quantitative estimate of drug-likeness (QED) is 0.875. The van der Waals surface area contributed by atoms with Gasteiger partial charge in [0.2, 0.25) is 5.91 Å². The van der Waals surface area contributed by atoms with Crippen molar-refractivity contribution in [3.63, 3.8) is 0 Å². The molecule has 0 heterocycles.